The highest BCUT2D eigenvalue weighted by Gasteiger charge is 2.26. The van der Waals surface area contributed by atoms with E-state index in [1.807, 2.05) is 20.8 Å². The van der Waals surface area contributed by atoms with Gasteiger partial charge in [0.15, 0.2) is 0 Å². The van der Waals surface area contributed by atoms with Crippen LogP contribution in [0.3, 0.4) is 0 Å². The van der Waals surface area contributed by atoms with Gasteiger partial charge in [-0.2, -0.15) is 4.98 Å². The Morgan fingerprint density at radius 1 is 1.26 bits per heavy atom. The number of amides is 1. The predicted molar refractivity (Wildman–Crippen MR) is 87.6 cm³/mol. The minimum Gasteiger partial charge on any atom is -0.460 e. The number of hydrogen-bond acceptors (Lipinski definition) is 6. The molecule has 2 rings (SSSR count). The summed E-state index contributed by atoms with van der Waals surface area (Å²) in [5, 5.41) is 5.88. The molecule has 1 fully saturated rings. The van der Waals surface area contributed by atoms with E-state index in [2.05, 4.69) is 20.6 Å². The monoisotopic (exact) mass is 322 g/mol. The smallest absolute Gasteiger partial charge is 0.407 e. The maximum absolute atomic E-state index is 11.8. The molecule has 0 saturated heterocycles. The molecule has 1 aromatic rings. The molecular formula is C16H26N4O3. The van der Waals surface area contributed by atoms with E-state index in [0.717, 1.165) is 31.5 Å². The third-order valence-electron chi connectivity index (χ3n) is 3.56. The number of ether oxygens (including phenoxy) is 2. The van der Waals surface area contributed by atoms with Crippen molar-refractivity contribution in [2.45, 2.75) is 64.2 Å². The number of carbonyl (C=O) groups is 1. The third-order valence-corrected chi connectivity index (χ3v) is 3.56. The van der Waals surface area contributed by atoms with Crippen LogP contribution in [0, 0.1) is 0 Å². The summed E-state index contributed by atoms with van der Waals surface area (Å²) in [6.07, 6.45) is 4.82. The molecule has 1 saturated carbocycles. The summed E-state index contributed by atoms with van der Waals surface area (Å²) >= 11 is 0. The quantitative estimate of drug-likeness (QED) is 0.886. The average molecular weight is 322 g/mol. The number of hydrogen-bond donors (Lipinski definition) is 2. The molecule has 7 heteroatoms. The Bertz CT molecular complexity index is 522. The van der Waals surface area contributed by atoms with Gasteiger partial charge in [0.05, 0.1) is 0 Å². The van der Waals surface area contributed by atoms with Crippen molar-refractivity contribution in [3.05, 3.63) is 12.3 Å². The lowest BCUT2D eigenvalue weighted by molar-refractivity contribution is 0.0467. The highest BCUT2D eigenvalue weighted by Crippen LogP contribution is 2.23. The Balaban J connectivity index is 1.76. The second kappa shape index (κ2) is 7.48. The van der Waals surface area contributed by atoms with Crippen molar-refractivity contribution >= 4 is 11.9 Å². The molecular weight excluding hydrogens is 296 g/mol. The fraction of sp³-hybridized carbons (Fsp3) is 0.688. The van der Waals surface area contributed by atoms with Crippen LogP contribution in [0.4, 0.5) is 10.6 Å². The van der Waals surface area contributed by atoms with E-state index in [0.29, 0.717) is 6.01 Å². The molecule has 7 nitrogen and oxygen atoms in total. The number of rotatable bonds is 4. The Kier molecular flexibility index (Phi) is 5.63. The van der Waals surface area contributed by atoms with Crippen LogP contribution < -0.4 is 15.4 Å². The number of anilines is 1. The van der Waals surface area contributed by atoms with Gasteiger partial charge >= 0.3 is 12.1 Å². The second-order valence-corrected chi connectivity index (χ2v) is 6.71. The molecule has 0 bridgehead atoms. The molecule has 0 spiro atoms. The Morgan fingerprint density at radius 3 is 2.57 bits per heavy atom. The third kappa shape index (κ3) is 5.92. The summed E-state index contributed by atoms with van der Waals surface area (Å²) in [6.45, 7) is 5.57. The summed E-state index contributed by atoms with van der Waals surface area (Å²) in [5.74, 6) is 0.732. The Labute approximate surface area is 137 Å². The van der Waals surface area contributed by atoms with Crippen LogP contribution in [0.15, 0.2) is 12.3 Å². The van der Waals surface area contributed by atoms with Crippen LogP contribution in [0.1, 0.15) is 46.5 Å². The molecule has 128 valence electrons. The van der Waals surface area contributed by atoms with Crippen LogP contribution in [0.25, 0.3) is 0 Å². The first-order valence-electron chi connectivity index (χ1n) is 8.02. The van der Waals surface area contributed by atoms with Crippen LogP contribution in [0.2, 0.25) is 0 Å². The fourth-order valence-electron chi connectivity index (χ4n) is 2.49. The maximum Gasteiger partial charge on any atom is 0.407 e. The zero-order valence-electron chi connectivity index (χ0n) is 14.3. The summed E-state index contributed by atoms with van der Waals surface area (Å²) in [4.78, 5) is 20.2. The van der Waals surface area contributed by atoms with E-state index in [9.17, 15) is 4.79 Å². The standard InChI is InChI=1S/C16H26N4O3/c1-16(2,3)23-15(21)19-11-5-7-12(8-6-11)22-14-18-10-9-13(17-4)20-14/h9-12H,5-8H2,1-4H3,(H,19,21)(H,17,18,20). The Hall–Kier alpha value is -2.05. The van der Waals surface area contributed by atoms with Gasteiger partial charge in [0.2, 0.25) is 0 Å². The van der Waals surface area contributed by atoms with Gasteiger partial charge in [-0.25, -0.2) is 9.78 Å². The molecule has 0 aliphatic heterocycles. The minimum atomic E-state index is -0.472. The lowest BCUT2D eigenvalue weighted by Gasteiger charge is -2.29. The number of aromatic nitrogens is 2. The second-order valence-electron chi connectivity index (χ2n) is 6.71. The van der Waals surface area contributed by atoms with Gasteiger partial charge in [-0.3, -0.25) is 0 Å². The summed E-state index contributed by atoms with van der Waals surface area (Å²) in [5.41, 5.74) is -0.472. The van der Waals surface area contributed by atoms with Gasteiger partial charge in [0, 0.05) is 19.3 Å². The van der Waals surface area contributed by atoms with E-state index >= 15 is 0 Å². The zero-order valence-corrected chi connectivity index (χ0v) is 14.3. The highest BCUT2D eigenvalue weighted by atomic mass is 16.6. The zero-order chi connectivity index (χ0) is 16.9. The van der Waals surface area contributed by atoms with Crippen molar-refractivity contribution in [2.75, 3.05) is 12.4 Å². The van der Waals surface area contributed by atoms with Crippen LogP contribution >= 0.6 is 0 Å². The van der Waals surface area contributed by atoms with Gasteiger partial charge in [-0.1, -0.05) is 0 Å². The first-order chi connectivity index (χ1) is 10.9. The molecule has 0 unspecified atom stereocenters. The van der Waals surface area contributed by atoms with E-state index in [1.54, 1.807) is 19.3 Å². The van der Waals surface area contributed by atoms with Gasteiger partial charge in [0.25, 0.3) is 0 Å². The lowest BCUT2D eigenvalue weighted by atomic mass is 9.93. The molecule has 2 N–H and O–H groups in total. The Morgan fingerprint density at radius 2 is 1.96 bits per heavy atom. The van der Waals surface area contributed by atoms with Crippen molar-refractivity contribution in [2.24, 2.45) is 0 Å². The van der Waals surface area contributed by atoms with Crippen molar-refractivity contribution < 1.29 is 14.3 Å². The van der Waals surface area contributed by atoms with E-state index in [4.69, 9.17) is 9.47 Å². The topological polar surface area (TPSA) is 85.4 Å². The van der Waals surface area contributed by atoms with E-state index in [1.165, 1.54) is 0 Å². The van der Waals surface area contributed by atoms with Crippen molar-refractivity contribution in [3.8, 4) is 6.01 Å². The summed E-state index contributed by atoms with van der Waals surface area (Å²) in [6, 6.07) is 2.31. The maximum atomic E-state index is 11.8. The first kappa shape index (κ1) is 17.3. The largest absolute Gasteiger partial charge is 0.460 e. The minimum absolute atomic E-state index is 0.0822. The number of nitrogens with zero attached hydrogens (tertiary/aromatic N) is 2. The van der Waals surface area contributed by atoms with Crippen LogP contribution in [-0.2, 0) is 4.74 Å². The fourth-order valence-corrected chi connectivity index (χ4v) is 2.49. The lowest BCUT2D eigenvalue weighted by Crippen LogP contribution is -2.42. The number of carbonyl (C=O) groups excluding carboxylic acids is 1. The molecule has 1 amide bonds. The first-order valence-corrected chi connectivity index (χ1v) is 8.02. The highest BCUT2D eigenvalue weighted by molar-refractivity contribution is 5.68. The molecule has 0 radical (unpaired) electrons. The van der Waals surface area contributed by atoms with E-state index in [-0.39, 0.29) is 18.2 Å². The van der Waals surface area contributed by atoms with Crippen molar-refractivity contribution in [1.82, 2.24) is 15.3 Å². The van der Waals surface area contributed by atoms with Gasteiger partial charge in [-0.05, 0) is 52.5 Å². The summed E-state index contributed by atoms with van der Waals surface area (Å²) in [7, 11) is 1.81. The molecule has 1 heterocycles. The van der Waals surface area contributed by atoms with Crippen LogP contribution in [-0.4, -0.2) is 40.9 Å². The van der Waals surface area contributed by atoms with Crippen LogP contribution in [0.5, 0.6) is 6.01 Å². The van der Waals surface area contributed by atoms with Crippen molar-refractivity contribution in [1.29, 1.82) is 0 Å². The predicted octanol–water partition coefficient (Wildman–Crippen LogP) is 2.73. The molecule has 1 aliphatic carbocycles. The van der Waals surface area contributed by atoms with Gasteiger partial charge in [0.1, 0.15) is 17.5 Å². The molecule has 0 aromatic carbocycles. The SMILES string of the molecule is CNc1ccnc(OC2CCC(NC(=O)OC(C)(C)C)CC2)n1. The van der Waals surface area contributed by atoms with Gasteiger partial charge < -0.3 is 20.1 Å². The molecule has 23 heavy (non-hydrogen) atoms. The molecule has 1 aliphatic rings. The average Bonchev–Trinajstić information content (AvgIpc) is 2.47. The molecule has 1 aromatic heterocycles. The number of alkyl carbamates (subject to hydrolysis) is 1. The normalized spacial score (nSPS) is 21.4. The summed E-state index contributed by atoms with van der Waals surface area (Å²) < 4.78 is 11.1. The number of nitrogens with one attached hydrogen (secondary N) is 2. The molecule has 0 atom stereocenters. The van der Waals surface area contributed by atoms with E-state index < -0.39 is 5.60 Å². The van der Waals surface area contributed by atoms with Crippen molar-refractivity contribution in [3.63, 3.8) is 0 Å². The van der Waals surface area contributed by atoms with Gasteiger partial charge in [-0.15, -0.1) is 0 Å².